The highest BCUT2D eigenvalue weighted by Crippen LogP contribution is 2.50. The van der Waals surface area contributed by atoms with E-state index in [1.165, 1.54) is 25.9 Å². The van der Waals surface area contributed by atoms with E-state index in [9.17, 15) is 0 Å². The zero-order valence-corrected chi connectivity index (χ0v) is 10.3. The van der Waals surface area contributed by atoms with Gasteiger partial charge in [-0.05, 0) is 37.8 Å². The van der Waals surface area contributed by atoms with Crippen molar-refractivity contribution in [2.24, 2.45) is 5.92 Å². The highest BCUT2D eigenvalue weighted by molar-refractivity contribution is 5.28. The van der Waals surface area contributed by atoms with Gasteiger partial charge in [0.1, 0.15) is 0 Å². The Morgan fingerprint density at radius 1 is 1.25 bits per heavy atom. The molecule has 0 amide bonds. The van der Waals surface area contributed by atoms with Gasteiger partial charge < -0.3 is 0 Å². The largest absolute Gasteiger partial charge is 0.297 e. The predicted molar refractivity (Wildman–Crippen MR) is 67.6 cm³/mol. The van der Waals surface area contributed by atoms with Gasteiger partial charge in [0.15, 0.2) is 0 Å². The number of nitrogens with zero attached hydrogens (tertiary/aromatic N) is 1. The number of hydrogen-bond acceptors (Lipinski definition) is 1. The second-order valence-electron chi connectivity index (χ2n) is 5.77. The van der Waals surface area contributed by atoms with Crippen LogP contribution in [0.25, 0.3) is 0 Å². The van der Waals surface area contributed by atoms with Crippen LogP contribution in [0.2, 0.25) is 0 Å². The Balaban J connectivity index is 2.00. The second kappa shape index (κ2) is 3.59. The van der Waals surface area contributed by atoms with Gasteiger partial charge in [-0.1, -0.05) is 37.3 Å². The molecular formula is C15H21N. The van der Waals surface area contributed by atoms with Crippen molar-refractivity contribution < 1.29 is 0 Å². The maximum absolute atomic E-state index is 2.72. The molecule has 3 unspecified atom stereocenters. The maximum atomic E-state index is 2.72. The average molecular weight is 215 g/mol. The molecule has 2 aliphatic heterocycles. The van der Waals surface area contributed by atoms with E-state index in [-0.39, 0.29) is 0 Å². The second-order valence-corrected chi connectivity index (χ2v) is 5.77. The van der Waals surface area contributed by atoms with Crippen LogP contribution in [0.5, 0.6) is 0 Å². The van der Waals surface area contributed by atoms with Crippen LogP contribution in [-0.2, 0) is 0 Å². The van der Waals surface area contributed by atoms with E-state index in [2.05, 4.69) is 49.1 Å². The molecule has 1 heteroatoms. The van der Waals surface area contributed by atoms with Crippen molar-refractivity contribution in [1.29, 1.82) is 0 Å². The first kappa shape index (κ1) is 10.3. The summed E-state index contributed by atoms with van der Waals surface area (Å²) in [5.41, 5.74) is 1.97. The third-order valence-electron chi connectivity index (χ3n) is 4.74. The molecule has 0 N–H and O–H groups in total. The lowest BCUT2D eigenvalue weighted by Crippen LogP contribution is -2.38. The highest BCUT2D eigenvalue weighted by Gasteiger charge is 2.51. The van der Waals surface area contributed by atoms with Gasteiger partial charge in [0.2, 0.25) is 0 Å². The van der Waals surface area contributed by atoms with Crippen molar-refractivity contribution in [3.63, 3.8) is 0 Å². The van der Waals surface area contributed by atoms with Gasteiger partial charge in [-0.3, -0.25) is 4.90 Å². The van der Waals surface area contributed by atoms with E-state index in [0.29, 0.717) is 5.54 Å². The van der Waals surface area contributed by atoms with E-state index in [4.69, 9.17) is 0 Å². The number of benzene rings is 1. The molecule has 1 aromatic carbocycles. The summed E-state index contributed by atoms with van der Waals surface area (Å²) in [7, 11) is 0. The quantitative estimate of drug-likeness (QED) is 0.695. The molecule has 2 fully saturated rings. The molecular weight excluding hydrogens is 194 g/mol. The van der Waals surface area contributed by atoms with E-state index < -0.39 is 0 Å². The fourth-order valence-corrected chi connectivity index (χ4v) is 4.11. The number of fused-ring (bicyclic) bond motifs is 1. The molecule has 1 nitrogen and oxygen atoms in total. The SMILES string of the molecule is CC1CN2CCCC2(C)C1c1ccccc1. The summed E-state index contributed by atoms with van der Waals surface area (Å²) >= 11 is 0. The number of rotatable bonds is 1. The molecule has 0 radical (unpaired) electrons. The standard InChI is InChI=1S/C15H21N/c1-12-11-16-10-6-9-15(16,2)14(12)13-7-4-3-5-8-13/h3-5,7-8,12,14H,6,9-11H2,1-2H3. The van der Waals surface area contributed by atoms with Gasteiger partial charge in [0.25, 0.3) is 0 Å². The molecule has 2 aliphatic rings. The molecule has 2 saturated heterocycles. The Bertz CT molecular complexity index is 372. The van der Waals surface area contributed by atoms with Crippen molar-refractivity contribution in [2.75, 3.05) is 13.1 Å². The van der Waals surface area contributed by atoms with Crippen LogP contribution in [-0.4, -0.2) is 23.5 Å². The predicted octanol–water partition coefficient (Wildman–Crippen LogP) is 3.27. The van der Waals surface area contributed by atoms with Gasteiger partial charge in [0.05, 0.1) is 0 Å². The summed E-state index contributed by atoms with van der Waals surface area (Å²) in [4.78, 5) is 2.72. The van der Waals surface area contributed by atoms with Gasteiger partial charge >= 0.3 is 0 Å². The van der Waals surface area contributed by atoms with Crippen molar-refractivity contribution in [2.45, 2.75) is 38.1 Å². The first-order chi connectivity index (χ1) is 7.72. The van der Waals surface area contributed by atoms with Crippen LogP contribution in [0.3, 0.4) is 0 Å². The smallest absolute Gasteiger partial charge is 0.0253 e. The first-order valence-corrected chi connectivity index (χ1v) is 6.52. The van der Waals surface area contributed by atoms with Crippen molar-refractivity contribution in [1.82, 2.24) is 4.90 Å². The van der Waals surface area contributed by atoms with Crippen LogP contribution in [0.4, 0.5) is 0 Å². The Hall–Kier alpha value is -0.820. The minimum absolute atomic E-state index is 0.431. The van der Waals surface area contributed by atoms with Gasteiger partial charge in [0, 0.05) is 18.0 Å². The third kappa shape index (κ3) is 1.34. The molecule has 86 valence electrons. The van der Waals surface area contributed by atoms with Gasteiger partial charge in [-0.25, -0.2) is 0 Å². The lowest BCUT2D eigenvalue weighted by molar-refractivity contribution is 0.201. The molecule has 0 spiro atoms. The third-order valence-corrected chi connectivity index (χ3v) is 4.74. The van der Waals surface area contributed by atoms with Gasteiger partial charge in [-0.15, -0.1) is 0 Å². The molecule has 16 heavy (non-hydrogen) atoms. The molecule has 3 rings (SSSR count). The molecule has 0 bridgehead atoms. The van der Waals surface area contributed by atoms with Crippen molar-refractivity contribution >= 4 is 0 Å². The number of hydrogen-bond donors (Lipinski definition) is 0. The Labute approximate surface area is 98.5 Å². The van der Waals surface area contributed by atoms with Crippen LogP contribution < -0.4 is 0 Å². The minimum atomic E-state index is 0.431. The topological polar surface area (TPSA) is 3.24 Å². The summed E-state index contributed by atoms with van der Waals surface area (Å²) in [6.45, 7) is 7.49. The molecule has 2 heterocycles. The average Bonchev–Trinajstić information content (AvgIpc) is 2.72. The Kier molecular flexibility index (Phi) is 2.32. The van der Waals surface area contributed by atoms with Crippen LogP contribution >= 0.6 is 0 Å². The molecule has 3 atom stereocenters. The van der Waals surface area contributed by atoms with E-state index in [1.807, 2.05) is 0 Å². The lowest BCUT2D eigenvalue weighted by atomic mass is 9.76. The summed E-state index contributed by atoms with van der Waals surface area (Å²) in [5, 5.41) is 0. The normalized spacial score (nSPS) is 38.9. The Morgan fingerprint density at radius 3 is 2.75 bits per heavy atom. The van der Waals surface area contributed by atoms with Crippen LogP contribution in [0.1, 0.15) is 38.2 Å². The molecule has 0 aliphatic carbocycles. The van der Waals surface area contributed by atoms with Crippen molar-refractivity contribution in [3.8, 4) is 0 Å². The van der Waals surface area contributed by atoms with Gasteiger partial charge in [-0.2, -0.15) is 0 Å². The summed E-state index contributed by atoms with van der Waals surface area (Å²) in [6, 6.07) is 11.1. The minimum Gasteiger partial charge on any atom is -0.297 e. The summed E-state index contributed by atoms with van der Waals surface area (Å²) < 4.78 is 0. The lowest BCUT2D eigenvalue weighted by Gasteiger charge is -2.34. The monoisotopic (exact) mass is 215 g/mol. The van der Waals surface area contributed by atoms with Crippen molar-refractivity contribution in [3.05, 3.63) is 35.9 Å². The zero-order chi connectivity index (χ0) is 11.2. The molecule has 0 aromatic heterocycles. The summed E-state index contributed by atoms with van der Waals surface area (Å²) in [5.74, 6) is 1.53. The summed E-state index contributed by atoms with van der Waals surface area (Å²) in [6.07, 6.45) is 2.75. The Morgan fingerprint density at radius 2 is 2.00 bits per heavy atom. The maximum Gasteiger partial charge on any atom is 0.0253 e. The van der Waals surface area contributed by atoms with Crippen LogP contribution in [0.15, 0.2) is 30.3 Å². The fourth-order valence-electron chi connectivity index (χ4n) is 4.11. The van der Waals surface area contributed by atoms with E-state index in [1.54, 1.807) is 5.56 Å². The highest BCUT2D eigenvalue weighted by atomic mass is 15.2. The van der Waals surface area contributed by atoms with E-state index >= 15 is 0 Å². The first-order valence-electron chi connectivity index (χ1n) is 6.52. The van der Waals surface area contributed by atoms with E-state index in [0.717, 1.165) is 11.8 Å². The fraction of sp³-hybridized carbons (Fsp3) is 0.600. The molecule has 0 saturated carbocycles. The zero-order valence-electron chi connectivity index (χ0n) is 10.3. The molecule has 1 aromatic rings. The van der Waals surface area contributed by atoms with Crippen LogP contribution in [0, 0.1) is 5.92 Å².